The summed E-state index contributed by atoms with van der Waals surface area (Å²) in [7, 11) is 0. The summed E-state index contributed by atoms with van der Waals surface area (Å²) in [4.78, 5) is 2.63. The molecule has 0 amide bonds. The minimum atomic E-state index is 0.710. The van der Waals surface area contributed by atoms with Gasteiger partial charge in [0, 0.05) is 17.8 Å². The molecule has 2 heterocycles. The van der Waals surface area contributed by atoms with E-state index in [9.17, 15) is 0 Å². The van der Waals surface area contributed by atoms with Crippen LogP contribution in [0.15, 0.2) is 18.2 Å². The van der Waals surface area contributed by atoms with Crippen LogP contribution in [0.2, 0.25) is 0 Å². The molecule has 0 fully saturated rings. The van der Waals surface area contributed by atoms with Crippen LogP contribution in [-0.2, 0) is 12.8 Å². The Morgan fingerprint density at radius 1 is 1.14 bits per heavy atom. The second-order valence-corrected chi connectivity index (χ2v) is 4.77. The highest BCUT2D eigenvalue weighted by Crippen LogP contribution is 2.41. The van der Waals surface area contributed by atoms with E-state index in [1.807, 2.05) is 0 Å². The highest BCUT2D eigenvalue weighted by atomic mass is 15.2. The van der Waals surface area contributed by atoms with E-state index >= 15 is 0 Å². The molecule has 1 aromatic rings. The van der Waals surface area contributed by atoms with Gasteiger partial charge in [-0.3, -0.25) is 0 Å². The average molecular weight is 187 g/mol. The summed E-state index contributed by atoms with van der Waals surface area (Å²) in [6.07, 6.45) is 3.84. The normalized spacial score (nSPS) is 29.1. The van der Waals surface area contributed by atoms with Gasteiger partial charge in [0.1, 0.15) is 0 Å². The minimum absolute atomic E-state index is 0.710. The quantitative estimate of drug-likeness (QED) is 0.603. The zero-order chi connectivity index (χ0) is 9.71. The standard InChI is InChI=1S/C13H17N/c1-9-6-7-11-4-3-5-12-8-10(2)14(9)13(11)12/h3-5,9-10H,6-8H2,1-2H3/t9-,10+/m0/s1. The molecular formula is C13H17N. The molecule has 0 saturated heterocycles. The van der Waals surface area contributed by atoms with Crippen LogP contribution in [0.25, 0.3) is 0 Å². The molecule has 2 aliphatic heterocycles. The van der Waals surface area contributed by atoms with Crippen molar-refractivity contribution in [1.29, 1.82) is 0 Å². The molecule has 0 aliphatic carbocycles. The highest BCUT2D eigenvalue weighted by Gasteiger charge is 2.33. The lowest BCUT2D eigenvalue weighted by atomic mass is 9.96. The molecule has 0 aromatic heterocycles. The first-order chi connectivity index (χ1) is 6.77. The van der Waals surface area contributed by atoms with E-state index in [2.05, 4.69) is 36.9 Å². The fourth-order valence-electron chi connectivity index (χ4n) is 3.14. The first-order valence-electron chi connectivity index (χ1n) is 5.66. The van der Waals surface area contributed by atoms with Crippen molar-refractivity contribution in [2.24, 2.45) is 0 Å². The van der Waals surface area contributed by atoms with E-state index in [4.69, 9.17) is 0 Å². The van der Waals surface area contributed by atoms with Crippen LogP contribution < -0.4 is 4.90 Å². The first-order valence-corrected chi connectivity index (χ1v) is 5.66. The SMILES string of the molecule is C[C@@H]1Cc2cccc3c2N1[C@@H](C)CC3. The molecule has 1 heteroatoms. The van der Waals surface area contributed by atoms with E-state index in [0.717, 1.165) is 6.04 Å². The molecule has 0 bridgehead atoms. The van der Waals surface area contributed by atoms with Crippen molar-refractivity contribution in [2.45, 2.75) is 45.2 Å². The van der Waals surface area contributed by atoms with Gasteiger partial charge in [-0.15, -0.1) is 0 Å². The molecule has 0 radical (unpaired) electrons. The van der Waals surface area contributed by atoms with E-state index in [1.54, 1.807) is 16.8 Å². The van der Waals surface area contributed by atoms with Crippen molar-refractivity contribution in [3.05, 3.63) is 29.3 Å². The highest BCUT2D eigenvalue weighted by molar-refractivity contribution is 5.66. The van der Waals surface area contributed by atoms with E-state index < -0.39 is 0 Å². The number of nitrogens with zero attached hydrogens (tertiary/aromatic N) is 1. The van der Waals surface area contributed by atoms with Crippen molar-refractivity contribution in [3.8, 4) is 0 Å². The third kappa shape index (κ3) is 0.956. The Kier molecular flexibility index (Phi) is 1.64. The molecule has 1 aromatic carbocycles. The monoisotopic (exact) mass is 187 g/mol. The predicted molar refractivity (Wildman–Crippen MR) is 59.9 cm³/mol. The van der Waals surface area contributed by atoms with Crippen LogP contribution in [0.3, 0.4) is 0 Å². The lowest BCUT2D eigenvalue weighted by Crippen LogP contribution is -2.40. The summed E-state index contributed by atoms with van der Waals surface area (Å²) in [5.74, 6) is 0. The number of hydrogen-bond donors (Lipinski definition) is 0. The smallest absolute Gasteiger partial charge is 0.0437 e. The number of anilines is 1. The van der Waals surface area contributed by atoms with Crippen molar-refractivity contribution < 1.29 is 0 Å². The Hall–Kier alpha value is -0.980. The maximum absolute atomic E-state index is 2.63. The summed E-state index contributed by atoms with van der Waals surface area (Å²) in [6.45, 7) is 4.72. The Morgan fingerprint density at radius 2 is 1.93 bits per heavy atom. The zero-order valence-corrected chi connectivity index (χ0v) is 8.96. The van der Waals surface area contributed by atoms with E-state index in [1.165, 1.54) is 19.3 Å². The Morgan fingerprint density at radius 3 is 2.79 bits per heavy atom. The summed E-state index contributed by atoms with van der Waals surface area (Å²) in [6, 6.07) is 8.27. The van der Waals surface area contributed by atoms with Gasteiger partial charge in [-0.25, -0.2) is 0 Å². The first kappa shape index (κ1) is 8.34. The third-order valence-electron chi connectivity index (χ3n) is 3.76. The van der Waals surface area contributed by atoms with Crippen LogP contribution in [0.4, 0.5) is 5.69 Å². The maximum Gasteiger partial charge on any atom is 0.0437 e. The minimum Gasteiger partial charge on any atom is -0.365 e. The largest absolute Gasteiger partial charge is 0.365 e. The molecule has 0 unspecified atom stereocenters. The summed E-state index contributed by atoms with van der Waals surface area (Å²) in [5.41, 5.74) is 4.71. The fourth-order valence-corrected chi connectivity index (χ4v) is 3.14. The third-order valence-corrected chi connectivity index (χ3v) is 3.76. The number of hydrogen-bond acceptors (Lipinski definition) is 1. The fraction of sp³-hybridized carbons (Fsp3) is 0.538. The molecule has 3 rings (SSSR count). The molecule has 2 aliphatic rings. The number of aryl methyl sites for hydroxylation is 1. The summed E-state index contributed by atoms with van der Waals surface area (Å²) in [5, 5.41) is 0. The zero-order valence-electron chi connectivity index (χ0n) is 8.96. The molecular weight excluding hydrogens is 170 g/mol. The van der Waals surface area contributed by atoms with Crippen molar-refractivity contribution in [2.75, 3.05) is 4.90 Å². The van der Waals surface area contributed by atoms with Crippen LogP contribution in [0, 0.1) is 0 Å². The molecule has 0 saturated carbocycles. The lowest BCUT2D eigenvalue weighted by molar-refractivity contribution is 0.525. The van der Waals surface area contributed by atoms with Gasteiger partial charge in [-0.05, 0) is 44.2 Å². The molecule has 0 spiro atoms. The van der Waals surface area contributed by atoms with Gasteiger partial charge in [0.05, 0.1) is 0 Å². The van der Waals surface area contributed by atoms with Gasteiger partial charge in [-0.2, -0.15) is 0 Å². The lowest BCUT2D eigenvalue weighted by Gasteiger charge is -2.37. The van der Waals surface area contributed by atoms with Gasteiger partial charge in [0.15, 0.2) is 0 Å². The van der Waals surface area contributed by atoms with Crippen LogP contribution in [0.1, 0.15) is 31.4 Å². The van der Waals surface area contributed by atoms with Crippen LogP contribution in [-0.4, -0.2) is 12.1 Å². The second-order valence-electron chi connectivity index (χ2n) is 4.77. The van der Waals surface area contributed by atoms with Crippen molar-refractivity contribution in [3.63, 3.8) is 0 Å². The van der Waals surface area contributed by atoms with Crippen LogP contribution in [0.5, 0.6) is 0 Å². The van der Waals surface area contributed by atoms with Gasteiger partial charge < -0.3 is 4.90 Å². The predicted octanol–water partition coefficient (Wildman–Crippen LogP) is 2.77. The number of benzene rings is 1. The molecule has 1 nitrogen and oxygen atoms in total. The van der Waals surface area contributed by atoms with Crippen LogP contribution >= 0.6 is 0 Å². The Balaban J connectivity index is 2.19. The maximum atomic E-state index is 2.63. The van der Waals surface area contributed by atoms with Crippen molar-refractivity contribution in [1.82, 2.24) is 0 Å². The number of para-hydroxylation sites is 1. The topological polar surface area (TPSA) is 3.24 Å². The average Bonchev–Trinajstić information content (AvgIpc) is 2.51. The molecule has 14 heavy (non-hydrogen) atoms. The van der Waals surface area contributed by atoms with Gasteiger partial charge in [-0.1, -0.05) is 18.2 Å². The second kappa shape index (κ2) is 2.75. The van der Waals surface area contributed by atoms with E-state index in [-0.39, 0.29) is 0 Å². The Labute approximate surface area is 85.7 Å². The summed E-state index contributed by atoms with van der Waals surface area (Å²) >= 11 is 0. The van der Waals surface area contributed by atoms with Crippen molar-refractivity contribution >= 4 is 5.69 Å². The summed E-state index contributed by atoms with van der Waals surface area (Å²) < 4.78 is 0. The number of rotatable bonds is 0. The molecule has 74 valence electrons. The molecule has 2 atom stereocenters. The van der Waals surface area contributed by atoms with E-state index in [0.29, 0.717) is 6.04 Å². The van der Waals surface area contributed by atoms with Gasteiger partial charge in [0.25, 0.3) is 0 Å². The van der Waals surface area contributed by atoms with Gasteiger partial charge in [0.2, 0.25) is 0 Å². The Bertz CT molecular complexity index is 369. The molecule has 0 N–H and O–H groups in total. The van der Waals surface area contributed by atoms with Gasteiger partial charge >= 0.3 is 0 Å².